The molecular weight excluding hydrogens is 229 g/mol. The first-order chi connectivity index (χ1) is 8.72. The maximum Gasteiger partial charge on any atom is 0.123 e. The van der Waals surface area contributed by atoms with Crippen molar-refractivity contribution in [2.75, 3.05) is 26.8 Å². The largest absolute Gasteiger partial charge is 0.384 e. The first kappa shape index (κ1) is 13.5. The highest BCUT2D eigenvalue weighted by Gasteiger charge is 2.40. The van der Waals surface area contributed by atoms with Crippen LogP contribution >= 0.6 is 0 Å². The predicted molar refractivity (Wildman–Crippen MR) is 71.2 cm³/mol. The molecule has 0 spiro atoms. The summed E-state index contributed by atoms with van der Waals surface area (Å²) in [5.41, 5.74) is 1.22. The molecule has 2 nitrogen and oxygen atoms in total. The average molecular weight is 251 g/mol. The molecule has 1 fully saturated rings. The molecular formula is C15H22FNO. The first-order valence-electron chi connectivity index (χ1n) is 6.67. The van der Waals surface area contributed by atoms with E-state index in [0.29, 0.717) is 5.92 Å². The standard InChI is InChI=1S/C15H22FNO/c1-3-15(11-18-2)7-8-17-10-14(15)12-5-4-6-13(16)9-12/h4-6,9,14,17H,3,7-8,10-11H2,1-2H3. The summed E-state index contributed by atoms with van der Waals surface area (Å²) in [5, 5.41) is 3.42. The molecule has 0 aliphatic carbocycles. The number of hydrogen-bond donors (Lipinski definition) is 1. The number of piperidine rings is 1. The minimum atomic E-state index is -0.152. The fourth-order valence-electron chi connectivity index (χ4n) is 3.15. The van der Waals surface area contributed by atoms with Gasteiger partial charge in [-0.25, -0.2) is 4.39 Å². The summed E-state index contributed by atoms with van der Waals surface area (Å²) in [7, 11) is 1.75. The van der Waals surface area contributed by atoms with E-state index >= 15 is 0 Å². The molecule has 2 atom stereocenters. The third kappa shape index (κ3) is 2.57. The van der Waals surface area contributed by atoms with Gasteiger partial charge in [0.25, 0.3) is 0 Å². The zero-order valence-corrected chi connectivity index (χ0v) is 11.2. The van der Waals surface area contributed by atoms with Crippen molar-refractivity contribution in [3.8, 4) is 0 Å². The molecule has 2 unspecified atom stereocenters. The highest BCUT2D eigenvalue weighted by molar-refractivity contribution is 5.24. The SMILES string of the molecule is CCC1(COC)CCNCC1c1cccc(F)c1. The molecule has 1 heterocycles. The van der Waals surface area contributed by atoms with Gasteiger partial charge in [-0.1, -0.05) is 19.1 Å². The Morgan fingerprint density at radius 1 is 1.50 bits per heavy atom. The van der Waals surface area contributed by atoms with Gasteiger partial charge in [0.15, 0.2) is 0 Å². The molecule has 1 saturated heterocycles. The number of ether oxygens (including phenoxy) is 1. The van der Waals surface area contributed by atoms with Crippen LogP contribution in [0, 0.1) is 11.2 Å². The van der Waals surface area contributed by atoms with E-state index in [1.807, 2.05) is 6.07 Å². The Balaban J connectivity index is 2.32. The fraction of sp³-hybridized carbons (Fsp3) is 0.600. The molecule has 1 aromatic rings. The smallest absolute Gasteiger partial charge is 0.123 e. The summed E-state index contributed by atoms with van der Waals surface area (Å²) in [4.78, 5) is 0. The van der Waals surface area contributed by atoms with Crippen LogP contribution in [0.25, 0.3) is 0 Å². The van der Waals surface area contributed by atoms with Gasteiger partial charge < -0.3 is 10.1 Å². The Bertz CT molecular complexity index is 392. The molecule has 1 aliphatic rings. The van der Waals surface area contributed by atoms with Gasteiger partial charge in [0.2, 0.25) is 0 Å². The van der Waals surface area contributed by atoms with Crippen LogP contribution in [0.2, 0.25) is 0 Å². The Hall–Kier alpha value is -0.930. The van der Waals surface area contributed by atoms with E-state index in [-0.39, 0.29) is 11.2 Å². The average Bonchev–Trinajstić information content (AvgIpc) is 2.39. The van der Waals surface area contributed by atoms with E-state index < -0.39 is 0 Å². The second-order valence-electron chi connectivity index (χ2n) is 5.21. The van der Waals surface area contributed by atoms with Crippen molar-refractivity contribution in [2.45, 2.75) is 25.7 Å². The highest BCUT2D eigenvalue weighted by Crippen LogP contribution is 2.43. The number of hydrogen-bond acceptors (Lipinski definition) is 2. The monoisotopic (exact) mass is 251 g/mol. The molecule has 100 valence electrons. The van der Waals surface area contributed by atoms with Crippen molar-refractivity contribution in [3.63, 3.8) is 0 Å². The normalized spacial score (nSPS) is 28.3. The summed E-state index contributed by atoms with van der Waals surface area (Å²) >= 11 is 0. The van der Waals surface area contributed by atoms with E-state index in [4.69, 9.17) is 4.74 Å². The lowest BCUT2D eigenvalue weighted by atomic mass is 9.67. The molecule has 0 aromatic heterocycles. The zero-order valence-electron chi connectivity index (χ0n) is 11.2. The van der Waals surface area contributed by atoms with E-state index in [1.165, 1.54) is 6.07 Å². The van der Waals surface area contributed by atoms with E-state index in [9.17, 15) is 4.39 Å². The minimum Gasteiger partial charge on any atom is -0.384 e. The maximum atomic E-state index is 13.4. The number of rotatable bonds is 4. The van der Waals surface area contributed by atoms with Crippen LogP contribution in [0.1, 0.15) is 31.2 Å². The second-order valence-corrected chi connectivity index (χ2v) is 5.21. The van der Waals surface area contributed by atoms with Gasteiger partial charge in [-0.3, -0.25) is 0 Å². The summed E-state index contributed by atoms with van der Waals surface area (Å²) in [6.45, 7) is 4.87. The Labute approximate surface area is 109 Å². The zero-order chi connectivity index (χ0) is 13.0. The molecule has 3 heteroatoms. The number of halogens is 1. The number of nitrogens with one attached hydrogen (secondary N) is 1. The van der Waals surface area contributed by atoms with Gasteiger partial charge in [0, 0.05) is 25.0 Å². The number of benzene rings is 1. The molecule has 1 aromatic carbocycles. The molecule has 18 heavy (non-hydrogen) atoms. The lowest BCUT2D eigenvalue weighted by molar-refractivity contribution is 0.0331. The van der Waals surface area contributed by atoms with Crippen molar-refractivity contribution in [1.82, 2.24) is 5.32 Å². The quantitative estimate of drug-likeness (QED) is 0.888. The summed E-state index contributed by atoms with van der Waals surface area (Å²) in [6.07, 6.45) is 2.14. The Morgan fingerprint density at radius 3 is 3.00 bits per heavy atom. The van der Waals surface area contributed by atoms with Gasteiger partial charge in [-0.05, 0) is 37.1 Å². The van der Waals surface area contributed by atoms with Crippen molar-refractivity contribution < 1.29 is 9.13 Å². The van der Waals surface area contributed by atoms with Crippen molar-refractivity contribution in [2.24, 2.45) is 5.41 Å². The van der Waals surface area contributed by atoms with Gasteiger partial charge in [-0.15, -0.1) is 0 Å². The first-order valence-corrected chi connectivity index (χ1v) is 6.67. The van der Waals surface area contributed by atoms with E-state index in [2.05, 4.69) is 12.2 Å². The van der Waals surface area contributed by atoms with Crippen LogP contribution < -0.4 is 5.32 Å². The van der Waals surface area contributed by atoms with Crippen LogP contribution in [0.4, 0.5) is 4.39 Å². The van der Waals surface area contributed by atoms with Crippen molar-refractivity contribution in [1.29, 1.82) is 0 Å². The maximum absolute atomic E-state index is 13.4. The van der Waals surface area contributed by atoms with Crippen LogP contribution in [0.3, 0.4) is 0 Å². The lowest BCUT2D eigenvalue weighted by Gasteiger charge is -2.44. The Morgan fingerprint density at radius 2 is 2.33 bits per heavy atom. The fourth-order valence-corrected chi connectivity index (χ4v) is 3.15. The Kier molecular flexibility index (Phi) is 4.36. The lowest BCUT2D eigenvalue weighted by Crippen LogP contribution is -2.45. The van der Waals surface area contributed by atoms with Gasteiger partial charge in [-0.2, -0.15) is 0 Å². The van der Waals surface area contributed by atoms with Crippen LogP contribution in [-0.4, -0.2) is 26.8 Å². The van der Waals surface area contributed by atoms with E-state index in [0.717, 1.165) is 38.1 Å². The summed E-state index contributed by atoms with van der Waals surface area (Å²) in [5.74, 6) is 0.174. The molecule has 0 amide bonds. The van der Waals surface area contributed by atoms with Crippen molar-refractivity contribution in [3.05, 3.63) is 35.6 Å². The van der Waals surface area contributed by atoms with Gasteiger partial charge >= 0.3 is 0 Å². The molecule has 0 saturated carbocycles. The molecule has 1 aliphatic heterocycles. The molecule has 2 rings (SSSR count). The topological polar surface area (TPSA) is 21.3 Å². The minimum absolute atomic E-state index is 0.133. The summed E-state index contributed by atoms with van der Waals surface area (Å²) < 4.78 is 18.8. The van der Waals surface area contributed by atoms with Crippen LogP contribution in [0.15, 0.2) is 24.3 Å². The third-order valence-corrected chi connectivity index (χ3v) is 4.27. The predicted octanol–water partition coefficient (Wildman–Crippen LogP) is 2.95. The molecule has 0 radical (unpaired) electrons. The van der Waals surface area contributed by atoms with E-state index in [1.54, 1.807) is 19.2 Å². The third-order valence-electron chi connectivity index (χ3n) is 4.27. The van der Waals surface area contributed by atoms with Gasteiger partial charge in [0.05, 0.1) is 6.61 Å². The highest BCUT2D eigenvalue weighted by atomic mass is 19.1. The van der Waals surface area contributed by atoms with Gasteiger partial charge in [0.1, 0.15) is 5.82 Å². The van der Waals surface area contributed by atoms with Crippen molar-refractivity contribution >= 4 is 0 Å². The second kappa shape index (κ2) is 5.81. The van der Waals surface area contributed by atoms with Crippen LogP contribution in [-0.2, 0) is 4.74 Å². The molecule has 1 N–H and O–H groups in total. The molecule has 0 bridgehead atoms. The summed E-state index contributed by atoms with van der Waals surface area (Å²) in [6, 6.07) is 6.99. The number of methoxy groups -OCH3 is 1. The van der Waals surface area contributed by atoms with Crippen LogP contribution in [0.5, 0.6) is 0 Å².